The average Bonchev–Trinajstić information content (AvgIpc) is 3.02. The highest BCUT2D eigenvalue weighted by Gasteiger charge is 2.47. The lowest BCUT2D eigenvalue weighted by molar-refractivity contribution is -0.140. The minimum Gasteiger partial charge on any atom is -0.345 e. The molecule has 4 rings (SSSR count). The lowest BCUT2D eigenvalue weighted by Crippen LogP contribution is -2.36. The first-order valence-corrected chi connectivity index (χ1v) is 10.8. The molecule has 1 aliphatic carbocycles. The van der Waals surface area contributed by atoms with Gasteiger partial charge in [-0.25, -0.2) is 0 Å². The summed E-state index contributed by atoms with van der Waals surface area (Å²) in [4.78, 5) is 39.4. The summed E-state index contributed by atoms with van der Waals surface area (Å²) in [6, 6.07) is 17.6. The van der Waals surface area contributed by atoms with E-state index in [0.717, 1.165) is 42.4 Å². The van der Waals surface area contributed by atoms with Crippen molar-refractivity contribution in [1.29, 1.82) is 0 Å². The van der Waals surface area contributed by atoms with E-state index in [1.165, 1.54) is 4.90 Å². The van der Waals surface area contributed by atoms with Crippen LogP contribution in [0.5, 0.6) is 0 Å². The molecule has 5 nitrogen and oxygen atoms in total. The Balaban J connectivity index is 1.44. The normalized spacial score (nSPS) is 22.0. The van der Waals surface area contributed by atoms with Crippen LogP contribution in [0, 0.1) is 18.8 Å². The third-order valence-corrected chi connectivity index (χ3v) is 6.34. The minimum absolute atomic E-state index is 0.0874. The van der Waals surface area contributed by atoms with Crippen LogP contribution in [0.25, 0.3) is 0 Å². The summed E-state index contributed by atoms with van der Waals surface area (Å²) < 4.78 is 0. The Morgan fingerprint density at radius 2 is 1.50 bits per heavy atom. The molecule has 156 valence electrons. The number of nitrogens with one attached hydrogen (secondary N) is 1. The predicted octanol–water partition coefficient (Wildman–Crippen LogP) is 3.77. The van der Waals surface area contributed by atoms with Gasteiger partial charge in [0.1, 0.15) is 0 Å². The molecule has 2 aromatic rings. The Morgan fingerprint density at radius 3 is 2.10 bits per heavy atom. The van der Waals surface area contributed by atoms with E-state index in [1.807, 2.05) is 61.5 Å². The first-order chi connectivity index (χ1) is 14.5. The predicted molar refractivity (Wildman–Crippen MR) is 114 cm³/mol. The Kier molecular flexibility index (Phi) is 5.98. The standard InChI is InChI=1S/C25H28N2O3/c1-17-11-13-19(14-12-17)23(18-7-3-2-4-8-18)26-22(28)15-16-27-24(29)20-9-5-6-10-21(20)25(27)30/h2-4,7-8,11-14,20-21,23H,5-6,9-10,15-16H2,1H3,(H,26,28)/t20-,21+,23-/m1/s1. The molecule has 1 aliphatic heterocycles. The number of likely N-dealkylation sites (tertiary alicyclic amines) is 1. The maximum atomic E-state index is 12.8. The highest BCUT2D eigenvalue weighted by atomic mass is 16.2. The maximum Gasteiger partial charge on any atom is 0.233 e. The second-order valence-electron chi connectivity index (χ2n) is 8.40. The van der Waals surface area contributed by atoms with Crippen LogP contribution in [0.4, 0.5) is 0 Å². The number of fused-ring (bicyclic) bond motifs is 1. The van der Waals surface area contributed by atoms with Crippen molar-refractivity contribution in [1.82, 2.24) is 10.2 Å². The number of amides is 3. The number of aryl methyl sites for hydroxylation is 1. The fourth-order valence-corrected chi connectivity index (χ4v) is 4.66. The SMILES string of the molecule is Cc1ccc([C@H](NC(=O)CCN2C(=O)[C@H]3CCCC[C@H]3C2=O)c2ccccc2)cc1. The zero-order valence-electron chi connectivity index (χ0n) is 17.3. The molecule has 2 aromatic carbocycles. The molecule has 0 aromatic heterocycles. The van der Waals surface area contributed by atoms with Crippen LogP contribution in [-0.4, -0.2) is 29.2 Å². The highest BCUT2D eigenvalue weighted by molar-refractivity contribution is 6.05. The molecule has 3 atom stereocenters. The van der Waals surface area contributed by atoms with E-state index in [0.29, 0.717) is 0 Å². The quantitative estimate of drug-likeness (QED) is 0.746. The number of nitrogens with zero attached hydrogens (tertiary/aromatic N) is 1. The van der Waals surface area contributed by atoms with Crippen molar-refractivity contribution >= 4 is 17.7 Å². The summed E-state index contributed by atoms with van der Waals surface area (Å²) in [5.74, 6) is -0.677. The van der Waals surface area contributed by atoms with Gasteiger partial charge in [-0.3, -0.25) is 19.3 Å². The van der Waals surface area contributed by atoms with Gasteiger partial charge in [0.2, 0.25) is 17.7 Å². The molecule has 0 unspecified atom stereocenters. The van der Waals surface area contributed by atoms with Gasteiger partial charge in [-0.05, 0) is 30.9 Å². The summed E-state index contributed by atoms with van der Waals surface area (Å²) in [7, 11) is 0. The van der Waals surface area contributed by atoms with Crippen molar-refractivity contribution in [2.24, 2.45) is 11.8 Å². The number of hydrogen-bond acceptors (Lipinski definition) is 3. The van der Waals surface area contributed by atoms with Crippen LogP contribution < -0.4 is 5.32 Å². The van der Waals surface area contributed by atoms with Gasteiger partial charge >= 0.3 is 0 Å². The van der Waals surface area contributed by atoms with Gasteiger partial charge in [-0.1, -0.05) is 73.0 Å². The average molecular weight is 405 g/mol. The van der Waals surface area contributed by atoms with Crippen LogP contribution in [0.1, 0.15) is 54.8 Å². The van der Waals surface area contributed by atoms with Crippen LogP contribution in [0.2, 0.25) is 0 Å². The third-order valence-electron chi connectivity index (χ3n) is 6.34. The molecule has 2 aliphatic rings. The molecule has 0 spiro atoms. The van der Waals surface area contributed by atoms with Gasteiger partial charge in [-0.2, -0.15) is 0 Å². The van der Waals surface area contributed by atoms with E-state index in [4.69, 9.17) is 0 Å². The molecule has 1 N–H and O–H groups in total. The van der Waals surface area contributed by atoms with Crippen molar-refractivity contribution in [3.05, 3.63) is 71.3 Å². The molecule has 0 bridgehead atoms. The summed E-state index contributed by atoms with van der Waals surface area (Å²) >= 11 is 0. The first kappa shape index (κ1) is 20.3. The second-order valence-corrected chi connectivity index (χ2v) is 8.40. The lowest BCUT2D eigenvalue weighted by atomic mass is 9.81. The molecule has 1 saturated carbocycles. The molecular formula is C25H28N2O3. The van der Waals surface area contributed by atoms with Gasteiger partial charge < -0.3 is 5.32 Å². The first-order valence-electron chi connectivity index (χ1n) is 10.8. The summed E-state index contributed by atoms with van der Waals surface area (Å²) in [5, 5.41) is 3.10. The minimum atomic E-state index is -0.271. The Hall–Kier alpha value is -2.95. The summed E-state index contributed by atoms with van der Waals surface area (Å²) in [6.07, 6.45) is 3.71. The number of imide groups is 1. The van der Waals surface area contributed by atoms with Crippen molar-refractivity contribution in [3.8, 4) is 0 Å². The zero-order chi connectivity index (χ0) is 21.1. The van der Waals surface area contributed by atoms with Gasteiger partial charge in [0, 0.05) is 13.0 Å². The van der Waals surface area contributed by atoms with Gasteiger partial charge in [0.15, 0.2) is 0 Å². The molecule has 5 heteroatoms. The van der Waals surface area contributed by atoms with Crippen molar-refractivity contribution in [2.75, 3.05) is 6.54 Å². The fourth-order valence-electron chi connectivity index (χ4n) is 4.66. The lowest BCUT2D eigenvalue weighted by Gasteiger charge is -2.21. The third kappa shape index (κ3) is 4.16. The Labute approximate surface area is 177 Å². The maximum absolute atomic E-state index is 12.8. The van der Waals surface area contributed by atoms with Crippen molar-refractivity contribution < 1.29 is 14.4 Å². The number of hydrogen-bond donors (Lipinski definition) is 1. The van der Waals surface area contributed by atoms with E-state index in [-0.39, 0.29) is 48.6 Å². The summed E-state index contributed by atoms with van der Waals surface area (Å²) in [6.45, 7) is 2.19. The zero-order valence-corrected chi connectivity index (χ0v) is 17.3. The van der Waals surface area contributed by atoms with E-state index in [9.17, 15) is 14.4 Å². The topological polar surface area (TPSA) is 66.5 Å². The number of carbonyl (C=O) groups is 3. The molecule has 0 radical (unpaired) electrons. The molecule has 3 amide bonds. The molecule has 30 heavy (non-hydrogen) atoms. The summed E-state index contributed by atoms with van der Waals surface area (Å²) in [5.41, 5.74) is 3.15. The van der Waals surface area contributed by atoms with Crippen LogP contribution >= 0.6 is 0 Å². The van der Waals surface area contributed by atoms with Crippen LogP contribution in [0.15, 0.2) is 54.6 Å². The smallest absolute Gasteiger partial charge is 0.233 e. The van der Waals surface area contributed by atoms with E-state index in [1.54, 1.807) is 0 Å². The molecule has 2 fully saturated rings. The second kappa shape index (κ2) is 8.82. The van der Waals surface area contributed by atoms with Crippen molar-refractivity contribution in [3.63, 3.8) is 0 Å². The van der Waals surface area contributed by atoms with Gasteiger partial charge in [0.25, 0.3) is 0 Å². The molecular weight excluding hydrogens is 376 g/mol. The number of rotatable bonds is 6. The number of carbonyl (C=O) groups excluding carboxylic acids is 3. The van der Waals surface area contributed by atoms with Crippen LogP contribution in [0.3, 0.4) is 0 Å². The molecule has 1 saturated heterocycles. The van der Waals surface area contributed by atoms with Crippen LogP contribution in [-0.2, 0) is 14.4 Å². The van der Waals surface area contributed by atoms with E-state index in [2.05, 4.69) is 5.32 Å². The largest absolute Gasteiger partial charge is 0.345 e. The van der Waals surface area contributed by atoms with Gasteiger partial charge in [-0.15, -0.1) is 0 Å². The Morgan fingerprint density at radius 1 is 0.933 bits per heavy atom. The Bertz CT molecular complexity index is 899. The van der Waals surface area contributed by atoms with E-state index < -0.39 is 0 Å². The van der Waals surface area contributed by atoms with Crippen molar-refractivity contribution in [2.45, 2.75) is 45.1 Å². The van der Waals surface area contributed by atoms with Gasteiger partial charge in [0.05, 0.1) is 17.9 Å². The number of benzene rings is 2. The monoisotopic (exact) mass is 404 g/mol. The van der Waals surface area contributed by atoms with E-state index >= 15 is 0 Å². The molecule has 1 heterocycles. The highest BCUT2D eigenvalue weighted by Crippen LogP contribution is 2.38. The fraction of sp³-hybridized carbons (Fsp3) is 0.400.